The minimum atomic E-state index is 0.714. The maximum Gasteiger partial charge on any atom is -0.00134 e. The molecule has 2 aliphatic heterocycles. The molecule has 2 saturated heterocycles. The fourth-order valence-electron chi connectivity index (χ4n) is 3.37. The predicted molar refractivity (Wildman–Crippen MR) is 69.7 cm³/mol. The van der Waals surface area contributed by atoms with Gasteiger partial charge in [-0.05, 0) is 76.7 Å². The van der Waals surface area contributed by atoms with Gasteiger partial charge >= 0.3 is 0 Å². The number of nitrogens with one attached hydrogen (secondary N) is 1. The lowest BCUT2D eigenvalue weighted by Gasteiger charge is -2.37. The molecule has 0 saturated carbocycles. The van der Waals surface area contributed by atoms with Gasteiger partial charge < -0.3 is 10.2 Å². The van der Waals surface area contributed by atoms with Crippen molar-refractivity contribution in [1.29, 1.82) is 0 Å². The summed E-state index contributed by atoms with van der Waals surface area (Å²) in [6, 6.07) is 0. The topological polar surface area (TPSA) is 15.3 Å². The minimum Gasteiger partial charge on any atom is -0.317 e. The van der Waals surface area contributed by atoms with Crippen molar-refractivity contribution in [3.63, 3.8) is 0 Å². The van der Waals surface area contributed by atoms with Crippen LogP contribution in [0.5, 0.6) is 0 Å². The molecule has 2 rings (SSSR count). The van der Waals surface area contributed by atoms with E-state index in [9.17, 15) is 0 Å². The van der Waals surface area contributed by atoms with Gasteiger partial charge in [0.2, 0.25) is 0 Å². The van der Waals surface area contributed by atoms with Gasteiger partial charge in [0.15, 0.2) is 0 Å². The van der Waals surface area contributed by atoms with Gasteiger partial charge in [-0.3, -0.25) is 0 Å². The summed E-state index contributed by atoms with van der Waals surface area (Å²) >= 11 is 0. The minimum absolute atomic E-state index is 0.714. The van der Waals surface area contributed by atoms with Crippen LogP contribution < -0.4 is 5.32 Å². The van der Waals surface area contributed by atoms with E-state index in [4.69, 9.17) is 0 Å². The smallest absolute Gasteiger partial charge is 0.00134 e. The number of hydrogen-bond acceptors (Lipinski definition) is 2. The molecule has 0 aliphatic carbocycles. The third-order valence-corrected chi connectivity index (χ3v) is 4.63. The molecule has 0 aromatic carbocycles. The monoisotopic (exact) mass is 224 g/mol. The third-order valence-electron chi connectivity index (χ3n) is 4.63. The Bertz CT molecular complexity index is 197. The molecule has 2 aliphatic rings. The Labute approximate surface area is 101 Å². The summed E-state index contributed by atoms with van der Waals surface area (Å²) in [5.74, 6) is 0. The molecule has 0 amide bonds. The van der Waals surface area contributed by atoms with Gasteiger partial charge in [0.25, 0.3) is 0 Å². The van der Waals surface area contributed by atoms with Crippen LogP contribution in [-0.4, -0.2) is 37.6 Å². The Hall–Kier alpha value is -0.0800. The van der Waals surface area contributed by atoms with E-state index in [0.29, 0.717) is 5.41 Å². The molecule has 0 bridgehead atoms. The van der Waals surface area contributed by atoms with Gasteiger partial charge in [0, 0.05) is 0 Å². The number of rotatable bonds is 3. The van der Waals surface area contributed by atoms with Crippen molar-refractivity contribution < 1.29 is 0 Å². The van der Waals surface area contributed by atoms with Crippen LogP contribution in [0, 0.1) is 5.41 Å². The molecule has 2 fully saturated rings. The summed E-state index contributed by atoms with van der Waals surface area (Å²) in [5.41, 5.74) is 0.714. The summed E-state index contributed by atoms with van der Waals surface area (Å²) in [4.78, 5) is 2.71. The van der Waals surface area contributed by atoms with Crippen LogP contribution in [0.25, 0.3) is 0 Å². The Kier molecular flexibility index (Phi) is 4.66. The molecule has 2 heterocycles. The van der Waals surface area contributed by atoms with E-state index >= 15 is 0 Å². The average molecular weight is 224 g/mol. The van der Waals surface area contributed by atoms with Gasteiger partial charge in [-0.1, -0.05) is 13.3 Å². The van der Waals surface area contributed by atoms with Gasteiger partial charge in [0.1, 0.15) is 0 Å². The van der Waals surface area contributed by atoms with Crippen LogP contribution in [0.4, 0.5) is 0 Å². The molecule has 1 N–H and O–H groups in total. The highest BCUT2D eigenvalue weighted by molar-refractivity contribution is 4.87. The van der Waals surface area contributed by atoms with Crippen LogP contribution in [0.1, 0.15) is 51.9 Å². The van der Waals surface area contributed by atoms with Crippen LogP contribution >= 0.6 is 0 Å². The number of piperidine rings is 1. The zero-order valence-electron chi connectivity index (χ0n) is 10.9. The van der Waals surface area contributed by atoms with E-state index in [-0.39, 0.29) is 0 Å². The normalized spacial score (nSPS) is 26.8. The van der Waals surface area contributed by atoms with Crippen molar-refractivity contribution in [1.82, 2.24) is 10.2 Å². The van der Waals surface area contributed by atoms with Gasteiger partial charge in [-0.15, -0.1) is 0 Å². The van der Waals surface area contributed by atoms with Crippen LogP contribution in [0.3, 0.4) is 0 Å². The Balaban J connectivity index is 1.82. The number of hydrogen-bond donors (Lipinski definition) is 1. The first-order chi connectivity index (χ1) is 7.85. The Morgan fingerprint density at radius 1 is 1.06 bits per heavy atom. The second kappa shape index (κ2) is 6.02. The molecule has 0 aromatic rings. The lowest BCUT2D eigenvalue weighted by Crippen LogP contribution is -2.37. The zero-order valence-corrected chi connectivity index (χ0v) is 10.9. The highest BCUT2D eigenvalue weighted by Crippen LogP contribution is 2.39. The average Bonchev–Trinajstić information content (AvgIpc) is 2.51. The van der Waals surface area contributed by atoms with Crippen molar-refractivity contribution in [3.05, 3.63) is 0 Å². The quantitative estimate of drug-likeness (QED) is 0.793. The van der Waals surface area contributed by atoms with Gasteiger partial charge in [0.05, 0.1) is 0 Å². The standard InChI is InChI=1S/C14H28N2/c1-2-3-11-16-12-4-5-14(8-13-16)6-9-15-10-7-14/h15H,2-13H2,1H3. The number of likely N-dealkylation sites (tertiary alicyclic amines) is 1. The lowest BCUT2D eigenvalue weighted by molar-refractivity contribution is 0.168. The molecule has 1 spiro atoms. The summed E-state index contributed by atoms with van der Waals surface area (Å²) in [6.45, 7) is 8.87. The molecular formula is C14H28N2. The van der Waals surface area contributed by atoms with Crippen molar-refractivity contribution in [3.8, 4) is 0 Å². The second-order valence-corrected chi connectivity index (χ2v) is 5.80. The zero-order chi connectivity index (χ0) is 11.3. The van der Waals surface area contributed by atoms with E-state index in [0.717, 1.165) is 0 Å². The highest BCUT2D eigenvalue weighted by atomic mass is 15.1. The Morgan fingerprint density at radius 2 is 1.88 bits per heavy atom. The molecule has 0 aromatic heterocycles. The molecule has 0 unspecified atom stereocenters. The van der Waals surface area contributed by atoms with Crippen molar-refractivity contribution in [2.24, 2.45) is 5.41 Å². The molecule has 2 heteroatoms. The molecule has 0 atom stereocenters. The Morgan fingerprint density at radius 3 is 2.62 bits per heavy atom. The van der Waals surface area contributed by atoms with Crippen LogP contribution in [0.2, 0.25) is 0 Å². The first kappa shape index (κ1) is 12.4. The second-order valence-electron chi connectivity index (χ2n) is 5.80. The fraction of sp³-hybridized carbons (Fsp3) is 1.00. The van der Waals surface area contributed by atoms with Crippen molar-refractivity contribution in [2.45, 2.75) is 51.9 Å². The van der Waals surface area contributed by atoms with E-state index in [1.165, 1.54) is 77.7 Å². The molecule has 16 heavy (non-hydrogen) atoms. The van der Waals surface area contributed by atoms with Gasteiger partial charge in [-0.25, -0.2) is 0 Å². The van der Waals surface area contributed by atoms with E-state index in [1.807, 2.05) is 0 Å². The van der Waals surface area contributed by atoms with Crippen LogP contribution in [-0.2, 0) is 0 Å². The lowest BCUT2D eigenvalue weighted by atomic mass is 9.73. The van der Waals surface area contributed by atoms with Gasteiger partial charge in [-0.2, -0.15) is 0 Å². The number of unbranched alkanes of at least 4 members (excludes halogenated alkanes) is 1. The first-order valence-corrected chi connectivity index (χ1v) is 7.28. The maximum atomic E-state index is 3.51. The summed E-state index contributed by atoms with van der Waals surface area (Å²) in [5, 5.41) is 3.51. The van der Waals surface area contributed by atoms with Crippen molar-refractivity contribution in [2.75, 3.05) is 32.7 Å². The summed E-state index contributed by atoms with van der Waals surface area (Å²) in [7, 11) is 0. The molecule has 2 nitrogen and oxygen atoms in total. The number of nitrogens with zero attached hydrogens (tertiary/aromatic N) is 1. The maximum absolute atomic E-state index is 3.51. The third kappa shape index (κ3) is 3.21. The fourth-order valence-corrected chi connectivity index (χ4v) is 3.37. The first-order valence-electron chi connectivity index (χ1n) is 7.28. The largest absolute Gasteiger partial charge is 0.317 e. The van der Waals surface area contributed by atoms with E-state index in [1.54, 1.807) is 0 Å². The van der Waals surface area contributed by atoms with Crippen molar-refractivity contribution >= 4 is 0 Å². The van der Waals surface area contributed by atoms with E-state index in [2.05, 4.69) is 17.1 Å². The highest BCUT2D eigenvalue weighted by Gasteiger charge is 2.33. The molecular weight excluding hydrogens is 196 g/mol. The van der Waals surface area contributed by atoms with Crippen LogP contribution in [0.15, 0.2) is 0 Å². The SMILES string of the molecule is CCCCN1CCCC2(CCNCC2)CC1. The summed E-state index contributed by atoms with van der Waals surface area (Å²) < 4.78 is 0. The molecule has 94 valence electrons. The van der Waals surface area contributed by atoms with E-state index < -0.39 is 0 Å². The molecule has 0 radical (unpaired) electrons. The predicted octanol–water partition coefficient (Wildman–Crippen LogP) is 2.64. The summed E-state index contributed by atoms with van der Waals surface area (Å²) in [6.07, 6.45) is 9.95.